The van der Waals surface area contributed by atoms with Gasteiger partial charge in [-0.05, 0) is 93.0 Å². The summed E-state index contributed by atoms with van der Waals surface area (Å²) in [5.74, 6) is -0.685. The molecule has 216 valence electrons. The van der Waals surface area contributed by atoms with Crippen molar-refractivity contribution in [1.82, 2.24) is 4.57 Å². The molecule has 0 spiro atoms. The molecule has 4 rings (SSSR count). The highest BCUT2D eigenvalue weighted by atomic mass is 35.5. The number of methoxy groups -OCH3 is 2. The molecule has 0 saturated heterocycles. The number of benzene rings is 2. The Morgan fingerprint density at radius 1 is 1.02 bits per heavy atom. The fourth-order valence-corrected chi connectivity index (χ4v) is 5.44. The molecule has 1 amide bonds. The Morgan fingerprint density at radius 3 is 2.32 bits per heavy atom. The van der Waals surface area contributed by atoms with Crippen molar-refractivity contribution in [1.29, 1.82) is 0 Å². The van der Waals surface area contributed by atoms with Crippen molar-refractivity contribution in [3.63, 3.8) is 0 Å². The van der Waals surface area contributed by atoms with Gasteiger partial charge in [0.1, 0.15) is 11.8 Å². The number of nitrogens with one attached hydrogen (secondary N) is 1. The third kappa shape index (κ3) is 7.04. The molecule has 1 atom stereocenters. The molecule has 1 saturated carbocycles. The Labute approximate surface area is 243 Å². The molecule has 1 aliphatic carbocycles. The number of rotatable bonds is 9. The van der Waals surface area contributed by atoms with E-state index in [1.54, 1.807) is 42.5 Å². The normalized spacial score (nSPS) is 17.4. The first-order valence-electron chi connectivity index (χ1n) is 13.4. The van der Waals surface area contributed by atoms with E-state index in [1.807, 2.05) is 0 Å². The highest BCUT2D eigenvalue weighted by Gasteiger charge is 2.30. The van der Waals surface area contributed by atoms with Gasteiger partial charge >= 0.3 is 5.97 Å². The molecule has 2 aromatic carbocycles. The molecule has 3 aromatic rings. The number of esters is 1. The maximum atomic E-state index is 13.7. The van der Waals surface area contributed by atoms with E-state index in [1.165, 1.54) is 38.0 Å². The number of aliphatic hydroxyl groups excluding tert-OH is 1. The quantitative estimate of drug-likeness (QED) is 0.260. The van der Waals surface area contributed by atoms with Crippen LogP contribution >= 0.6 is 11.6 Å². The molecule has 1 aliphatic rings. The summed E-state index contributed by atoms with van der Waals surface area (Å²) in [6.45, 7) is 1.43. The minimum Gasteiger partial charge on any atom is -0.495 e. The number of anilines is 1. The van der Waals surface area contributed by atoms with E-state index in [0.29, 0.717) is 58.0 Å². The molecule has 0 radical (unpaired) electrons. The number of pyridine rings is 1. The largest absolute Gasteiger partial charge is 0.495 e. The minimum absolute atomic E-state index is 0.116. The number of ketones is 1. The highest BCUT2D eigenvalue weighted by molar-refractivity contribution is 6.31. The van der Waals surface area contributed by atoms with Gasteiger partial charge in [0.2, 0.25) is 5.91 Å². The van der Waals surface area contributed by atoms with Crippen molar-refractivity contribution in [2.75, 3.05) is 19.5 Å². The first kappa shape index (κ1) is 30.0. The summed E-state index contributed by atoms with van der Waals surface area (Å²) in [6.07, 6.45) is 4.23. The van der Waals surface area contributed by atoms with Gasteiger partial charge in [-0.1, -0.05) is 11.6 Å². The summed E-state index contributed by atoms with van der Waals surface area (Å²) in [7, 11) is 2.74. The highest BCUT2D eigenvalue weighted by Crippen LogP contribution is 2.36. The SMILES string of the molecule is COC(=O)c1ccc(NC(=O)C(C[C@H]2CC[C@H](O)CC2)n2cc(OC)c(-c3cc(Cl)ccc3C(C)=O)cc2=O)cc1. The van der Waals surface area contributed by atoms with Crippen molar-refractivity contribution in [3.8, 4) is 16.9 Å². The summed E-state index contributed by atoms with van der Waals surface area (Å²) >= 11 is 6.23. The predicted octanol–water partition coefficient (Wildman–Crippen LogP) is 5.29. The lowest BCUT2D eigenvalue weighted by molar-refractivity contribution is -0.120. The molecule has 1 aromatic heterocycles. The fraction of sp³-hybridized carbons (Fsp3) is 0.355. The van der Waals surface area contributed by atoms with Gasteiger partial charge in [0, 0.05) is 27.9 Å². The lowest BCUT2D eigenvalue weighted by atomic mass is 9.83. The van der Waals surface area contributed by atoms with Crippen LogP contribution in [-0.4, -0.2) is 47.7 Å². The van der Waals surface area contributed by atoms with Crippen LogP contribution in [0, 0.1) is 5.92 Å². The van der Waals surface area contributed by atoms with Crippen molar-refractivity contribution in [3.05, 3.63) is 81.2 Å². The molecular weight excluding hydrogens is 548 g/mol. The van der Waals surface area contributed by atoms with E-state index < -0.39 is 23.5 Å². The molecule has 10 heteroatoms. The smallest absolute Gasteiger partial charge is 0.337 e. The molecule has 1 unspecified atom stereocenters. The Kier molecular flexibility index (Phi) is 9.62. The van der Waals surface area contributed by atoms with Crippen LogP contribution < -0.4 is 15.6 Å². The van der Waals surface area contributed by atoms with Crippen LogP contribution in [0.1, 0.15) is 65.8 Å². The summed E-state index contributed by atoms with van der Waals surface area (Å²) in [6, 6.07) is 11.5. The van der Waals surface area contributed by atoms with E-state index in [-0.39, 0.29) is 17.8 Å². The second-order valence-corrected chi connectivity index (χ2v) is 10.7. The maximum absolute atomic E-state index is 13.7. The number of nitrogens with zero attached hydrogens (tertiary/aromatic N) is 1. The minimum atomic E-state index is -0.891. The standard InChI is InChI=1S/C31H33ClN2O7/c1-18(35)24-13-8-21(32)15-25(24)26-16-29(37)34(17-28(26)40-2)27(14-19-4-11-23(36)12-5-19)30(38)33-22-9-6-20(7-10-22)31(39)41-3/h6-10,13,15-17,19,23,27,36H,4-5,11-12,14H2,1-3H3,(H,33,38)/t19-,23-,27?. The Bertz CT molecular complexity index is 1490. The van der Waals surface area contributed by atoms with E-state index >= 15 is 0 Å². The van der Waals surface area contributed by atoms with Gasteiger partial charge in [0.25, 0.3) is 5.56 Å². The van der Waals surface area contributed by atoms with E-state index in [9.17, 15) is 24.3 Å². The zero-order valence-corrected chi connectivity index (χ0v) is 23.9. The van der Waals surface area contributed by atoms with Crippen LogP contribution in [0.3, 0.4) is 0 Å². The van der Waals surface area contributed by atoms with E-state index in [4.69, 9.17) is 21.1 Å². The molecule has 9 nitrogen and oxygen atoms in total. The third-order valence-corrected chi connectivity index (χ3v) is 7.74. The summed E-state index contributed by atoms with van der Waals surface area (Å²) in [4.78, 5) is 51.4. The van der Waals surface area contributed by atoms with Gasteiger partial charge in [0.05, 0.1) is 32.1 Å². The monoisotopic (exact) mass is 580 g/mol. The number of carbonyl (C=O) groups is 3. The third-order valence-electron chi connectivity index (χ3n) is 7.50. The molecule has 1 fully saturated rings. The average Bonchev–Trinajstić information content (AvgIpc) is 2.96. The van der Waals surface area contributed by atoms with Gasteiger partial charge in [-0.25, -0.2) is 4.79 Å². The summed E-state index contributed by atoms with van der Waals surface area (Å²) in [5, 5.41) is 13.2. The first-order chi connectivity index (χ1) is 19.6. The number of ether oxygens (including phenoxy) is 2. The van der Waals surface area contributed by atoms with Crippen molar-refractivity contribution >= 4 is 34.9 Å². The maximum Gasteiger partial charge on any atom is 0.337 e. The second-order valence-electron chi connectivity index (χ2n) is 10.2. The van der Waals surface area contributed by atoms with Crippen molar-refractivity contribution in [2.24, 2.45) is 5.92 Å². The second kappa shape index (κ2) is 13.1. The number of amides is 1. The number of halogens is 1. The number of aromatic nitrogens is 1. The van der Waals surface area contributed by atoms with Gasteiger partial charge in [0.15, 0.2) is 5.78 Å². The molecule has 41 heavy (non-hydrogen) atoms. The lowest BCUT2D eigenvalue weighted by Crippen LogP contribution is -2.35. The van der Waals surface area contributed by atoms with Gasteiger partial charge in [-0.15, -0.1) is 0 Å². The van der Waals surface area contributed by atoms with Gasteiger partial charge in [-0.3, -0.25) is 19.0 Å². The van der Waals surface area contributed by atoms with Crippen LogP contribution in [0.2, 0.25) is 5.02 Å². The van der Waals surface area contributed by atoms with Gasteiger partial charge in [-0.2, -0.15) is 0 Å². The fourth-order valence-electron chi connectivity index (χ4n) is 5.27. The number of Topliss-reactive ketones (excluding diaryl/α,β-unsaturated/α-hetero) is 1. The molecular formula is C31H33ClN2O7. The number of aliphatic hydroxyl groups is 1. The van der Waals surface area contributed by atoms with Crippen LogP contribution in [0.4, 0.5) is 5.69 Å². The summed E-state index contributed by atoms with van der Waals surface area (Å²) < 4.78 is 11.7. The Hall–Kier alpha value is -3.95. The van der Waals surface area contributed by atoms with Crippen LogP contribution in [-0.2, 0) is 9.53 Å². The van der Waals surface area contributed by atoms with Crippen LogP contribution in [0.15, 0.2) is 59.5 Å². The Balaban J connectivity index is 1.73. The predicted molar refractivity (Wildman–Crippen MR) is 156 cm³/mol. The van der Waals surface area contributed by atoms with Crippen LogP contribution in [0.5, 0.6) is 5.75 Å². The average molecular weight is 581 g/mol. The number of carbonyl (C=O) groups excluding carboxylic acids is 3. The van der Waals surface area contributed by atoms with Crippen molar-refractivity contribution < 1.29 is 29.0 Å². The van der Waals surface area contributed by atoms with Gasteiger partial charge < -0.3 is 19.9 Å². The molecule has 2 N–H and O–H groups in total. The topological polar surface area (TPSA) is 124 Å². The van der Waals surface area contributed by atoms with E-state index in [2.05, 4.69) is 5.32 Å². The zero-order valence-electron chi connectivity index (χ0n) is 23.2. The number of hydrogen-bond donors (Lipinski definition) is 2. The molecule has 0 aliphatic heterocycles. The summed E-state index contributed by atoms with van der Waals surface area (Å²) in [5.41, 5.74) is 1.57. The van der Waals surface area contributed by atoms with E-state index in [0.717, 1.165) is 12.8 Å². The Morgan fingerprint density at radius 2 is 1.71 bits per heavy atom. The zero-order chi connectivity index (χ0) is 29.7. The van der Waals surface area contributed by atoms with Crippen molar-refractivity contribution in [2.45, 2.75) is 51.2 Å². The molecule has 0 bridgehead atoms. The lowest BCUT2D eigenvalue weighted by Gasteiger charge is -2.29. The number of hydrogen-bond acceptors (Lipinski definition) is 7. The first-order valence-corrected chi connectivity index (χ1v) is 13.8. The molecule has 1 heterocycles. The van der Waals surface area contributed by atoms with Crippen LogP contribution in [0.25, 0.3) is 11.1 Å².